The number of aryl methyl sites for hydroxylation is 1. The number of benzene rings is 1. The molecular formula is C18H23N3O2S. The minimum absolute atomic E-state index is 0.000580. The zero-order valence-corrected chi connectivity index (χ0v) is 15.2. The second-order valence-electron chi connectivity index (χ2n) is 6.21. The Bertz CT molecular complexity index is 725. The first-order valence-corrected chi connectivity index (χ1v) is 8.75. The van der Waals surface area contributed by atoms with Crippen molar-refractivity contribution in [3.63, 3.8) is 0 Å². The SMILES string of the molecule is CC(=O)N[C@H](C(=O)Nc1ncc(Cc2cccc(C)c2)s1)C(C)C. The monoisotopic (exact) mass is 345 g/mol. The Hall–Kier alpha value is -2.21. The summed E-state index contributed by atoms with van der Waals surface area (Å²) in [5.74, 6) is -0.458. The Morgan fingerprint density at radius 1 is 1.29 bits per heavy atom. The van der Waals surface area contributed by atoms with Gasteiger partial charge in [-0.1, -0.05) is 43.7 Å². The molecule has 24 heavy (non-hydrogen) atoms. The average molecular weight is 345 g/mol. The lowest BCUT2D eigenvalue weighted by Crippen LogP contribution is -2.46. The minimum atomic E-state index is -0.563. The lowest BCUT2D eigenvalue weighted by molar-refractivity contribution is -0.126. The van der Waals surface area contributed by atoms with Gasteiger partial charge in [0.2, 0.25) is 11.8 Å². The molecule has 0 spiro atoms. The van der Waals surface area contributed by atoms with E-state index in [-0.39, 0.29) is 17.7 Å². The van der Waals surface area contributed by atoms with Crippen LogP contribution in [0.3, 0.4) is 0 Å². The molecule has 0 fully saturated rings. The van der Waals surface area contributed by atoms with Crippen molar-refractivity contribution in [1.29, 1.82) is 0 Å². The van der Waals surface area contributed by atoms with Gasteiger partial charge in [0.15, 0.2) is 5.13 Å². The number of aromatic nitrogens is 1. The molecule has 2 amide bonds. The van der Waals surface area contributed by atoms with Gasteiger partial charge in [-0.3, -0.25) is 9.59 Å². The van der Waals surface area contributed by atoms with Crippen LogP contribution in [0.15, 0.2) is 30.5 Å². The van der Waals surface area contributed by atoms with Crippen LogP contribution < -0.4 is 10.6 Å². The number of rotatable bonds is 6. The molecule has 0 aliphatic carbocycles. The largest absolute Gasteiger partial charge is 0.344 e. The third-order valence-electron chi connectivity index (χ3n) is 3.55. The summed E-state index contributed by atoms with van der Waals surface area (Å²) in [4.78, 5) is 28.9. The number of nitrogens with zero attached hydrogens (tertiary/aromatic N) is 1. The van der Waals surface area contributed by atoms with E-state index in [0.29, 0.717) is 5.13 Å². The number of carbonyl (C=O) groups is 2. The number of amides is 2. The van der Waals surface area contributed by atoms with Crippen molar-refractivity contribution in [1.82, 2.24) is 10.3 Å². The summed E-state index contributed by atoms with van der Waals surface area (Å²) in [6, 6.07) is 7.76. The molecule has 128 valence electrons. The Labute approximate surface area is 146 Å². The van der Waals surface area contributed by atoms with Crippen molar-refractivity contribution < 1.29 is 9.59 Å². The van der Waals surface area contributed by atoms with Gasteiger partial charge in [-0.15, -0.1) is 11.3 Å². The van der Waals surface area contributed by atoms with Gasteiger partial charge < -0.3 is 10.6 Å². The number of nitrogens with one attached hydrogen (secondary N) is 2. The molecule has 6 heteroatoms. The standard InChI is InChI=1S/C18H23N3O2S/c1-11(2)16(20-13(4)22)17(23)21-18-19-10-15(24-18)9-14-7-5-6-12(3)8-14/h5-8,10-11,16H,9H2,1-4H3,(H,20,22)(H,19,21,23)/t16-/m0/s1. The van der Waals surface area contributed by atoms with Crippen LogP contribution in [-0.4, -0.2) is 22.8 Å². The Kier molecular flexibility index (Phi) is 6.09. The maximum atomic E-state index is 12.3. The normalized spacial score (nSPS) is 12.0. The predicted octanol–water partition coefficient (Wildman–Crippen LogP) is 3.14. The minimum Gasteiger partial charge on any atom is -0.344 e. The highest BCUT2D eigenvalue weighted by atomic mass is 32.1. The van der Waals surface area contributed by atoms with Gasteiger partial charge in [0, 0.05) is 24.4 Å². The molecule has 2 aromatic rings. The highest BCUT2D eigenvalue weighted by molar-refractivity contribution is 7.15. The van der Waals surface area contributed by atoms with Gasteiger partial charge in [-0.25, -0.2) is 4.98 Å². The van der Waals surface area contributed by atoms with Crippen LogP contribution in [0.25, 0.3) is 0 Å². The van der Waals surface area contributed by atoms with E-state index >= 15 is 0 Å². The first kappa shape index (κ1) is 18.1. The summed E-state index contributed by atoms with van der Waals surface area (Å²) < 4.78 is 0. The first-order valence-electron chi connectivity index (χ1n) is 7.93. The van der Waals surface area contributed by atoms with Gasteiger partial charge in [-0.2, -0.15) is 0 Å². The van der Waals surface area contributed by atoms with Gasteiger partial charge in [-0.05, 0) is 18.4 Å². The molecule has 1 aromatic heterocycles. The second-order valence-corrected chi connectivity index (χ2v) is 7.32. The van der Waals surface area contributed by atoms with Crippen LogP contribution in [0.4, 0.5) is 5.13 Å². The molecule has 0 saturated heterocycles. The quantitative estimate of drug-likeness (QED) is 0.845. The van der Waals surface area contributed by atoms with E-state index < -0.39 is 6.04 Å². The van der Waals surface area contributed by atoms with Crippen LogP contribution in [0, 0.1) is 12.8 Å². The van der Waals surface area contributed by atoms with Crippen molar-refractivity contribution in [2.24, 2.45) is 5.92 Å². The number of anilines is 1. The van der Waals surface area contributed by atoms with E-state index in [9.17, 15) is 9.59 Å². The van der Waals surface area contributed by atoms with Gasteiger partial charge in [0.05, 0.1) is 0 Å². The van der Waals surface area contributed by atoms with Crippen LogP contribution in [0.1, 0.15) is 36.8 Å². The summed E-state index contributed by atoms with van der Waals surface area (Å²) >= 11 is 1.45. The molecule has 1 heterocycles. The fourth-order valence-corrected chi connectivity index (χ4v) is 3.26. The third-order valence-corrected chi connectivity index (χ3v) is 4.47. The molecule has 0 radical (unpaired) electrons. The third kappa shape index (κ3) is 5.16. The Balaban J connectivity index is 2.02. The van der Waals surface area contributed by atoms with Gasteiger partial charge in [0.25, 0.3) is 0 Å². The van der Waals surface area contributed by atoms with Crippen molar-refractivity contribution >= 4 is 28.3 Å². The van der Waals surface area contributed by atoms with Gasteiger partial charge in [0.1, 0.15) is 6.04 Å². The number of thiazole rings is 1. The van der Waals surface area contributed by atoms with E-state index in [2.05, 4.69) is 40.7 Å². The molecule has 5 nitrogen and oxygen atoms in total. The maximum absolute atomic E-state index is 12.3. The lowest BCUT2D eigenvalue weighted by Gasteiger charge is -2.20. The fourth-order valence-electron chi connectivity index (χ4n) is 2.41. The summed E-state index contributed by atoms with van der Waals surface area (Å²) in [7, 11) is 0. The molecule has 0 aliphatic heterocycles. The highest BCUT2D eigenvalue weighted by Crippen LogP contribution is 2.22. The van der Waals surface area contributed by atoms with Crippen LogP contribution >= 0.6 is 11.3 Å². The summed E-state index contributed by atoms with van der Waals surface area (Å²) in [6.07, 6.45) is 2.57. The van der Waals surface area contributed by atoms with E-state index in [1.54, 1.807) is 6.20 Å². The molecule has 2 rings (SSSR count). The van der Waals surface area contributed by atoms with E-state index in [1.807, 2.05) is 19.9 Å². The number of hydrogen-bond acceptors (Lipinski definition) is 4. The summed E-state index contributed by atoms with van der Waals surface area (Å²) in [5.41, 5.74) is 2.44. The molecular weight excluding hydrogens is 322 g/mol. The van der Waals surface area contributed by atoms with E-state index in [0.717, 1.165) is 11.3 Å². The zero-order chi connectivity index (χ0) is 17.7. The molecule has 1 aromatic carbocycles. The van der Waals surface area contributed by atoms with E-state index in [4.69, 9.17) is 0 Å². The average Bonchev–Trinajstić information content (AvgIpc) is 2.91. The van der Waals surface area contributed by atoms with Crippen LogP contribution in [-0.2, 0) is 16.0 Å². The lowest BCUT2D eigenvalue weighted by atomic mass is 10.0. The van der Waals surface area contributed by atoms with Crippen molar-refractivity contribution in [3.05, 3.63) is 46.5 Å². The predicted molar refractivity (Wildman–Crippen MR) is 97.2 cm³/mol. The topological polar surface area (TPSA) is 71.1 Å². The summed E-state index contributed by atoms with van der Waals surface area (Å²) in [6.45, 7) is 7.26. The number of hydrogen-bond donors (Lipinski definition) is 2. The Morgan fingerprint density at radius 2 is 2.04 bits per heavy atom. The van der Waals surface area contributed by atoms with Crippen LogP contribution in [0.5, 0.6) is 0 Å². The molecule has 0 bridgehead atoms. The zero-order valence-electron chi connectivity index (χ0n) is 14.4. The van der Waals surface area contributed by atoms with Crippen molar-refractivity contribution in [3.8, 4) is 0 Å². The summed E-state index contributed by atoms with van der Waals surface area (Å²) in [5, 5.41) is 6.03. The van der Waals surface area contributed by atoms with Crippen LogP contribution in [0.2, 0.25) is 0 Å². The molecule has 0 saturated carbocycles. The Morgan fingerprint density at radius 3 is 2.67 bits per heavy atom. The smallest absolute Gasteiger partial charge is 0.248 e. The molecule has 1 atom stereocenters. The fraction of sp³-hybridized carbons (Fsp3) is 0.389. The number of carbonyl (C=O) groups excluding carboxylic acids is 2. The first-order chi connectivity index (χ1) is 11.3. The van der Waals surface area contributed by atoms with Crippen molar-refractivity contribution in [2.75, 3.05) is 5.32 Å². The molecule has 2 N–H and O–H groups in total. The highest BCUT2D eigenvalue weighted by Gasteiger charge is 2.23. The van der Waals surface area contributed by atoms with Gasteiger partial charge >= 0.3 is 0 Å². The second kappa shape index (κ2) is 8.06. The van der Waals surface area contributed by atoms with E-state index in [1.165, 1.54) is 29.4 Å². The van der Waals surface area contributed by atoms with Crippen molar-refractivity contribution in [2.45, 2.75) is 40.2 Å². The maximum Gasteiger partial charge on any atom is 0.248 e. The molecule has 0 unspecified atom stereocenters. The molecule has 0 aliphatic rings.